The first-order valence-corrected chi connectivity index (χ1v) is 4.91. The van der Waals surface area contributed by atoms with Gasteiger partial charge >= 0.3 is 0 Å². The highest BCUT2D eigenvalue weighted by atomic mass is 15.2. The molecule has 1 aliphatic heterocycles. The summed E-state index contributed by atoms with van der Waals surface area (Å²) in [5, 5.41) is 0. The van der Waals surface area contributed by atoms with E-state index >= 15 is 0 Å². The Balaban J connectivity index is 2.30. The van der Waals surface area contributed by atoms with Crippen molar-refractivity contribution in [3.8, 4) is 12.3 Å². The Morgan fingerprint density at radius 2 is 2.25 bits per heavy atom. The number of rotatable bonds is 2. The zero-order chi connectivity index (χ0) is 8.97. The minimum Gasteiger partial charge on any atom is -0.300 e. The molecule has 1 heteroatoms. The van der Waals surface area contributed by atoms with Gasteiger partial charge in [-0.25, -0.2) is 0 Å². The van der Waals surface area contributed by atoms with Gasteiger partial charge in [0, 0.05) is 19.0 Å². The minimum atomic E-state index is 0.738. The van der Waals surface area contributed by atoms with Crippen molar-refractivity contribution in [2.45, 2.75) is 39.2 Å². The van der Waals surface area contributed by atoms with Crippen molar-refractivity contribution >= 4 is 0 Å². The summed E-state index contributed by atoms with van der Waals surface area (Å²) < 4.78 is 0. The summed E-state index contributed by atoms with van der Waals surface area (Å²) in [5.41, 5.74) is 0. The van der Waals surface area contributed by atoms with Gasteiger partial charge in [0.2, 0.25) is 0 Å². The number of terminal acetylenes is 1. The van der Waals surface area contributed by atoms with Gasteiger partial charge in [0.1, 0.15) is 0 Å². The number of hydrogen-bond donors (Lipinski definition) is 0. The number of nitrogens with zero attached hydrogens (tertiary/aromatic N) is 1. The Labute approximate surface area is 76.1 Å². The van der Waals surface area contributed by atoms with Crippen LogP contribution in [-0.2, 0) is 0 Å². The highest BCUT2D eigenvalue weighted by Gasteiger charge is 2.21. The molecule has 0 aromatic rings. The fourth-order valence-electron chi connectivity index (χ4n) is 2.00. The normalized spacial score (nSPS) is 31.4. The second-order valence-corrected chi connectivity index (χ2v) is 3.97. The van der Waals surface area contributed by atoms with E-state index in [0.29, 0.717) is 0 Å². The van der Waals surface area contributed by atoms with Gasteiger partial charge in [-0.05, 0) is 32.2 Å². The van der Waals surface area contributed by atoms with E-state index < -0.39 is 0 Å². The molecule has 0 aromatic heterocycles. The van der Waals surface area contributed by atoms with Crippen LogP contribution in [-0.4, -0.2) is 24.0 Å². The largest absolute Gasteiger partial charge is 0.300 e. The second kappa shape index (κ2) is 4.52. The third-order valence-corrected chi connectivity index (χ3v) is 2.82. The van der Waals surface area contributed by atoms with E-state index in [0.717, 1.165) is 24.9 Å². The van der Waals surface area contributed by atoms with Gasteiger partial charge < -0.3 is 0 Å². The molecule has 0 saturated carbocycles. The average molecular weight is 165 g/mol. The molecule has 1 nitrogen and oxygen atoms in total. The highest BCUT2D eigenvalue weighted by molar-refractivity contribution is 4.86. The lowest BCUT2D eigenvalue weighted by Crippen LogP contribution is -2.40. The number of hydrogen-bond acceptors (Lipinski definition) is 1. The third-order valence-electron chi connectivity index (χ3n) is 2.82. The molecule has 1 rings (SSSR count). The first kappa shape index (κ1) is 9.61. The Morgan fingerprint density at radius 3 is 2.83 bits per heavy atom. The van der Waals surface area contributed by atoms with Crippen LogP contribution in [0.15, 0.2) is 0 Å². The zero-order valence-electron chi connectivity index (χ0n) is 8.21. The van der Waals surface area contributed by atoms with Crippen LogP contribution < -0.4 is 0 Å². The van der Waals surface area contributed by atoms with Crippen LogP contribution in [0.2, 0.25) is 0 Å². The van der Waals surface area contributed by atoms with E-state index in [2.05, 4.69) is 24.7 Å². The van der Waals surface area contributed by atoms with Crippen LogP contribution in [0, 0.1) is 18.3 Å². The van der Waals surface area contributed by atoms with Gasteiger partial charge in [-0.3, -0.25) is 4.90 Å². The highest BCUT2D eigenvalue weighted by Crippen LogP contribution is 2.21. The summed E-state index contributed by atoms with van der Waals surface area (Å²) in [7, 11) is 0. The lowest BCUT2D eigenvalue weighted by molar-refractivity contribution is 0.132. The molecule has 68 valence electrons. The molecule has 0 N–H and O–H groups in total. The average Bonchev–Trinajstić information content (AvgIpc) is 2.03. The van der Waals surface area contributed by atoms with Crippen molar-refractivity contribution in [2.24, 2.45) is 5.92 Å². The molecule has 0 radical (unpaired) electrons. The van der Waals surface area contributed by atoms with E-state index in [1.54, 1.807) is 0 Å². The van der Waals surface area contributed by atoms with Gasteiger partial charge in [-0.15, -0.1) is 12.3 Å². The molecule has 0 bridgehead atoms. The maximum atomic E-state index is 5.24. The van der Waals surface area contributed by atoms with Crippen LogP contribution in [0.1, 0.15) is 33.1 Å². The van der Waals surface area contributed by atoms with E-state index in [1.807, 2.05) is 0 Å². The second-order valence-electron chi connectivity index (χ2n) is 3.97. The maximum Gasteiger partial charge on any atom is 0.0214 e. The molecule has 1 heterocycles. The molecule has 0 amide bonds. The molecule has 0 unspecified atom stereocenters. The van der Waals surface area contributed by atoms with Gasteiger partial charge in [0.05, 0.1) is 0 Å². The van der Waals surface area contributed by atoms with Crippen molar-refractivity contribution in [3.63, 3.8) is 0 Å². The molecule has 0 aromatic carbocycles. The molecular formula is C11H19N. The van der Waals surface area contributed by atoms with Crippen molar-refractivity contribution in [1.82, 2.24) is 4.90 Å². The monoisotopic (exact) mass is 165 g/mol. The molecular weight excluding hydrogens is 146 g/mol. The molecule has 12 heavy (non-hydrogen) atoms. The summed E-state index contributed by atoms with van der Waals surface area (Å²) in [6.45, 7) is 6.98. The minimum absolute atomic E-state index is 0.738. The summed E-state index contributed by atoms with van der Waals surface area (Å²) in [5.74, 6) is 3.61. The number of piperidine rings is 1. The van der Waals surface area contributed by atoms with E-state index in [4.69, 9.17) is 6.42 Å². The number of likely N-dealkylation sites (tertiary alicyclic amines) is 1. The van der Waals surface area contributed by atoms with Crippen LogP contribution in [0.3, 0.4) is 0 Å². The third kappa shape index (κ3) is 2.53. The van der Waals surface area contributed by atoms with Gasteiger partial charge in [0.25, 0.3) is 0 Å². The van der Waals surface area contributed by atoms with E-state index in [9.17, 15) is 0 Å². The van der Waals surface area contributed by atoms with Gasteiger partial charge in [-0.2, -0.15) is 0 Å². The van der Waals surface area contributed by atoms with Crippen molar-refractivity contribution in [2.75, 3.05) is 13.1 Å². The predicted molar refractivity (Wildman–Crippen MR) is 52.9 cm³/mol. The fraction of sp³-hybridized carbons (Fsp3) is 0.818. The SMILES string of the molecule is C#CCCN1CC[C@H](C)C[C@@H]1C. The fourth-order valence-corrected chi connectivity index (χ4v) is 2.00. The lowest BCUT2D eigenvalue weighted by atomic mass is 9.93. The summed E-state index contributed by atoms with van der Waals surface area (Å²) in [4.78, 5) is 2.51. The summed E-state index contributed by atoms with van der Waals surface area (Å²) in [6.07, 6.45) is 8.82. The van der Waals surface area contributed by atoms with Crippen molar-refractivity contribution < 1.29 is 0 Å². The quantitative estimate of drug-likeness (QED) is 0.567. The first-order chi connectivity index (χ1) is 5.74. The summed E-state index contributed by atoms with van der Waals surface area (Å²) in [6, 6.07) is 0.738. The smallest absolute Gasteiger partial charge is 0.0214 e. The molecule has 2 atom stereocenters. The van der Waals surface area contributed by atoms with Crippen LogP contribution >= 0.6 is 0 Å². The van der Waals surface area contributed by atoms with Crippen LogP contribution in [0.25, 0.3) is 0 Å². The van der Waals surface area contributed by atoms with E-state index in [-0.39, 0.29) is 0 Å². The maximum absolute atomic E-state index is 5.24. The van der Waals surface area contributed by atoms with Gasteiger partial charge in [-0.1, -0.05) is 6.92 Å². The predicted octanol–water partition coefficient (Wildman–Crippen LogP) is 2.13. The van der Waals surface area contributed by atoms with Crippen molar-refractivity contribution in [1.29, 1.82) is 0 Å². The molecule has 1 fully saturated rings. The standard InChI is InChI=1S/C11H19N/c1-4-5-7-12-8-6-10(2)9-11(12)3/h1,10-11H,5-9H2,2-3H3/t10-,11-/m0/s1. The molecule has 1 saturated heterocycles. The molecule has 0 spiro atoms. The Kier molecular flexibility index (Phi) is 3.62. The summed E-state index contributed by atoms with van der Waals surface area (Å²) >= 11 is 0. The zero-order valence-corrected chi connectivity index (χ0v) is 8.21. The molecule has 1 aliphatic rings. The van der Waals surface area contributed by atoms with Crippen LogP contribution in [0.4, 0.5) is 0 Å². The van der Waals surface area contributed by atoms with E-state index in [1.165, 1.54) is 19.4 Å². The lowest BCUT2D eigenvalue weighted by Gasteiger charge is -2.36. The topological polar surface area (TPSA) is 3.24 Å². The Morgan fingerprint density at radius 1 is 1.50 bits per heavy atom. The molecule has 0 aliphatic carbocycles. The Bertz CT molecular complexity index is 168. The Hall–Kier alpha value is -0.480. The first-order valence-electron chi connectivity index (χ1n) is 4.91. The van der Waals surface area contributed by atoms with Gasteiger partial charge in [0.15, 0.2) is 0 Å². The van der Waals surface area contributed by atoms with Crippen molar-refractivity contribution in [3.05, 3.63) is 0 Å². The van der Waals surface area contributed by atoms with Crippen LogP contribution in [0.5, 0.6) is 0 Å².